The first-order valence-corrected chi connectivity index (χ1v) is 10.9. The van der Waals surface area contributed by atoms with Gasteiger partial charge >= 0.3 is 0 Å². The fraction of sp³-hybridized carbons (Fsp3) is 0.286. The molecule has 2 aromatic carbocycles. The number of carbonyl (C=O) groups is 1. The molecular formula is C21H23N3O4S. The Morgan fingerprint density at radius 2 is 1.76 bits per heavy atom. The predicted molar refractivity (Wildman–Crippen MR) is 110 cm³/mol. The number of aryl methyl sites for hydroxylation is 1. The minimum Gasteiger partial charge on any atom is -0.379 e. The lowest BCUT2D eigenvalue weighted by atomic mass is 10.1. The van der Waals surface area contributed by atoms with E-state index in [0.717, 1.165) is 10.9 Å². The third-order valence-electron chi connectivity index (χ3n) is 5.14. The van der Waals surface area contributed by atoms with Crippen LogP contribution in [0.3, 0.4) is 0 Å². The maximum absolute atomic E-state index is 13.1. The third kappa shape index (κ3) is 3.78. The molecule has 0 spiro atoms. The molecule has 152 valence electrons. The molecule has 0 radical (unpaired) electrons. The summed E-state index contributed by atoms with van der Waals surface area (Å²) >= 11 is 0. The van der Waals surface area contributed by atoms with Crippen LogP contribution in [-0.4, -0.2) is 49.5 Å². The van der Waals surface area contributed by atoms with Gasteiger partial charge in [-0.15, -0.1) is 0 Å². The van der Waals surface area contributed by atoms with Gasteiger partial charge in [0.1, 0.15) is 0 Å². The smallest absolute Gasteiger partial charge is 0.253 e. The first-order chi connectivity index (χ1) is 14.0. The van der Waals surface area contributed by atoms with Gasteiger partial charge in [0.15, 0.2) is 0 Å². The highest BCUT2D eigenvalue weighted by molar-refractivity contribution is 7.89. The number of hydrogen-bond acceptors (Lipinski definition) is 4. The maximum atomic E-state index is 13.1. The Balaban J connectivity index is 1.57. The van der Waals surface area contributed by atoms with E-state index in [9.17, 15) is 13.2 Å². The van der Waals surface area contributed by atoms with Crippen LogP contribution >= 0.6 is 0 Å². The Kier molecular flexibility index (Phi) is 5.40. The van der Waals surface area contributed by atoms with Gasteiger partial charge in [0.2, 0.25) is 10.0 Å². The highest BCUT2D eigenvalue weighted by Crippen LogP contribution is 2.23. The van der Waals surface area contributed by atoms with Crippen LogP contribution in [0, 0.1) is 0 Å². The number of rotatable bonds is 5. The fourth-order valence-electron chi connectivity index (χ4n) is 3.62. The molecule has 0 unspecified atom stereocenters. The minimum absolute atomic E-state index is 0.127. The molecule has 4 rings (SSSR count). The Morgan fingerprint density at radius 3 is 2.55 bits per heavy atom. The molecule has 29 heavy (non-hydrogen) atoms. The lowest BCUT2D eigenvalue weighted by Gasteiger charge is -2.27. The largest absolute Gasteiger partial charge is 0.379 e. The van der Waals surface area contributed by atoms with Crippen molar-refractivity contribution in [1.29, 1.82) is 0 Å². The van der Waals surface area contributed by atoms with E-state index in [0.29, 0.717) is 37.4 Å². The molecule has 1 aliphatic heterocycles. The summed E-state index contributed by atoms with van der Waals surface area (Å²) in [6.45, 7) is 1.57. The zero-order valence-electron chi connectivity index (χ0n) is 16.2. The van der Waals surface area contributed by atoms with E-state index in [4.69, 9.17) is 4.74 Å². The van der Waals surface area contributed by atoms with E-state index in [1.54, 1.807) is 30.5 Å². The summed E-state index contributed by atoms with van der Waals surface area (Å²) in [6.07, 6.45) is 1.79. The van der Waals surface area contributed by atoms with Gasteiger partial charge in [0.25, 0.3) is 5.91 Å². The zero-order chi connectivity index (χ0) is 20.4. The summed E-state index contributed by atoms with van der Waals surface area (Å²) in [6, 6.07) is 14.5. The highest BCUT2D eigenvalue weighted by atomic mass is 32.2. The number of para-hydroxylation sites is 1. The molecule has 1 aliphatic rings. The number of morpholine rings is 1. The molecule has 2 heterocycles. The van der Waals surface area contributed by atoms with Gasteiger partial charge in [0.05, 0.1) is 23.7 Å². The molecule has 1 N–H and O–H groups in total. The van der Waals surface area contributed by atoms with Gasteiger partial charge in [-0.05, 0) is 17.7 Å². The maximum Gasteiger partial charge on any atom is 0.253 e. The molecule has 0 aliphatic carbocycles. The summed E-state index contributed by atoms with van der Waals surface area (Å²) in [7, 11) is -1.75. The average Bonchev–Trinajstić information content (AvgIpc) is 3.10. The average molecular weight is 413 g/mol. The SMILES string of the molecule is Cn1cc(C(=O)NCc2ccccc2S(=O)(=O)N2CCOCC2)c2ccccc21. The number of aromatic nitrogens is 1. The molecule has 7 nitrogen and oxygen atoms in total. The van der Waals surface area contributed by atoms with Crippen molar-refractivity contribution >= 4 is 26.8 Å². The Morgan fingerprint density at radius 1 is 1.07 bits per heavy atom. The first-order valence-electron chi connectivity index (χ1n) is 9.46. The van der Waals surface area contributed by atoms with Gasteiger partial charge in [-0.2, -0.15) is 4.31 Å². The minimum atomic E-state index is -3.64. The summed E-state index contributed by atoms with van der Waals surface area (Å²) < 4.78 is 34.7. The highest BCUT2D eigenvalue weighted by Gasteiger charge is 2.28. The summed E-state index contributed by atoms with van der Waals surface area (Å²) in [4.78, 5) is 13.0. The summed E-state index contributed by atoms with van der Waals surface area (Å²) in [5.74, 6) is -0.236. The molecule has 8 heteroatoms. The van der Waals surface area contributed by atoms with E-state index in [-0.39, 0.29) is 17.3 Å². The normalized spacial score (nSPS) is 15.5. The third-order valence-corrected chi connectivity index (χ3v) is 7.14. The molecule has 1 aromatic heterocycles. The number of fused-ring (bicyclic) bond motifs is 1. The van der Waals surface area contributed by atoms with Crippen LogP contribution in [0.4, 0.5) is 0 Å². The van der Waals surface area contributed by atoms with Crippen molar-refractivity contribution in [3.8, 4) is 0 Å². The van der Waals surface area contributed by atoms with E-state index >= 15 is 0 Å². The molecule has 3 aromatic rings. The lowest BCUT2D eigenvalue weighted by Crippen LogP contribution is -2.41. The molecule has 0 bridgehead atoms. The van der Waals surface area contributed by atoms with Gasteiger partial charge in [-0.3, -0.25) is 4.79 Å². The van der Waals surface area contributed by atoms with Crippen molar-refractivity contribution in [3.05, 3.63) is 65.9 Å². The summed E-state index contributed by atoms with van der Waals surface area (Å²) in [5, 5.41) is 3.74. The van der Waals surface area contributed by atoms with E-state index in [1.807, 2.05) is 35.9 Å². The molecule has 1 saturated heterocycles. The monoisotopic (exact) mass is 413 g/mol. The zero-order valence-corrected chi connectivity index (χ0v) is 17.0. The van der Waals surface area contributed by atoms with Crippen molar-refractivity contribution in [2.75, 3.05) is 26.3 Å². The molecule has 0 saturated carbocycles. The second-order valence-corrected chi connectivity index (χ2v) is 8.88. The topological polar surface area (TPSA) is 80.6 Å². The van der Waals surface area contributed by atoms with Crippen LogP contribution in [0.2, 0.25) is 0 Å². The molecule has 0 atom stereocenters. The number of nitrogens with zero attached hydrogens (tertiary/aromatic N) is 2. The van der Waals surface area contributed by atoms with Crippen molar-refractivity contribution in [2.45, 2.75) is 11.4 Å². The molecular weight excluding hydrogens is 390 g/mol. The van der Waals surface area contributed by atoms with Gasteiger partial charge < -0.3 is 14.6 Å². The van der Waals surface area contributed by atoms with E-state index in [1.165, 1.54) is 4.31 Å². The summed E-state index contributed by atoms with van der Waals surface area (Å²) in [5.41, 5.74) is 2.09. The van der Waals surface area contributed by atoms with E-state index in [2.05, 4.69) is 5.32 Å². The quantitative estimate of drug-likeness (QED) is 0.695. The van der Waals surface area contributed by atoms with Crippen LogP contribution in [0.15, 0.2) is 59.6 Å². The van der Waals surface area contributed by atoms with Gasteiger partial charge in [-0.25, -0.2) is 8.42 Å². The van der Waals surface area contributed by atoms with Crippen molar-refractivity contribution in [2.24, 2.45) is 7.05 Å². The number of ether oxygens (including phenoxy) is 1. The van der Waals surface area contributed by atoms with Gasteiger partial charge in [-0.1, -0.05) is 36.4 Å². The van der Waals surface area contributed by atoms with Crippen LogP contribution in [0.1, 0.15) is 15.9 Å². The van der Waals surface area contributed by atoms with Crippen molar-refractivity contribution in [3.63, 3.8) is 0 Å². The van der Waals surface area contributed by atoms with E-state index < -0.39 is 10.0 Å². The number of carbonyl (C=O) groups excluding carboxylic acids is 1. The van der Waals surface area contributed by atoms with Crippen LogP contribution in [0.25, 0.3) is 10.9 Å². The second kappa shape index (κ2) is 7.98. The number of sulfonamides is 1. The molecule has 1 amide bonds. The van der Waals surface area contributed by atoms with Crippen molar-refractivity contribution < 1.29 is 17.9 Å². The number of nitrogens with one attached hydrogen (secondary N) is 1. The van der Waals surface area contributed by atoms with Gasteiger partial charge in [0, 0.05) is 43.8 Å². The fourth-order valence-corrected chi connectivity index (χ4v) is 5.25. The molecule has 1 fully saturated rings. The van der Waals surface area contributed by atoms with Crippen molar-refractivity contribution in [1.82, 2.24) is 14.2 Å². The predicted octanol–water partition coefficient (Wildman–Crippen LogP) is 2.13. The number of benzene rings is 2. The van der Waals surface area contributed by atoms with Crippen LogP contribution in [-0.2, 0) is 28.4 Å². The lowest BCUT2D eigenvalue weighted by molar-refractivity contribution is 0.0730. The standard InChI is InChI=1S/C21H23N3O4S/c1-23-15-18(17-7-3-4-8-19(17)23)21(25)22-14-16-6-2-5-9-20(16)29(26,27)24-10-12-28-13-11-24/h2-9,15H,10-14H2,1H3,(H,22,25). The van der Waals surface area contributed by atoms with Crippen LogP contribution in [0.5, 0.6) is 0 Å². The number of amides is 1. The Hall–Kier alpha value is -2.68. The first kappa shape index (κ1) is 19.6. The number of hydrogen-bond donors (Lipinski definition) is 1. The van der Waals surface area contributed by atoms with Crippen LogP contribution < -0.4 is 5.32 Å². The Labute approximate surface area is 169 Å². The second-order valence-electron chi connectivity index (χ2n) is 6.98. The Bertz CT molecular complexity index is 1150.